The van der Waals surface area contributed by atoms with Gasteiger partial charge in [-0.25, -0.2) is 4.57 Å². The molecule has 0 aromatic rings. The van der Waals surface area contributed by atoms with Gasteiger partial charge in [0.1, 0.15) is 6.61 Å². The highest BCUT2D eigenvalue weighted by Crippen LogP contribution is 2.43. The zero-order valence-electron chi connectivity index (χ0n) is 36.7. The molecular formula is C46H86NO9P. The average molecular weight is 828 g/mol. The molecule has 0 aromatic carbocycles. The van der Waals surface area contributed by atoms with Gasteiger partial charge in [0.05, 0.1) is 13.2 Å². The maximum atomic E-state index is 12.7. The number of hydrogen-bond acceptors (Lipinski definition) is 8. The molecule has 334 valence electrons. The fraction of sp³-hybridized carbons (Fsp3) is 0.891. The van der Waals surface area contributed by atoms with Crippen molar-refractivity contribution in [2.24, 2.45) is 0 Å². The van der Waals surface area contributed by atoms with Crippen molar-refractivity contribution in [1.82, 2.24) is 5.32 Å². The third kappa shape index (κ3) is 42.0. The van der Waals surface area contributed by atoms with E-state index < -0.39 is 32.5 Å². The highest BCUT2D eigenvalue weighted by molar-refractivity contribution is 7.47. The van der Waals surface area contributed by atoms with Crippen molar-refractivity contribution in [3.05, 3.63) is 0 Å². The number of hydrogen-bond donors (Lipinski definition) is 2. The van der Waals surface area contributed by atoms with Crippen molar-refractivity contribution in [2.75, 3.05) is 26.4 Å². The van der Waals surface area contributed by atoms with Crippen molar-refractivity contribution >= 4 is 25.7 Å². The molecule has 1 amide bonds. The van der Waals surface area contributed by atoms with Gasteiger partial charge in [-0.2, -0.15) is 0 Å². The molecular weight excluding hydrogens is 741 g/mol. The summed E-state index contributed by atoms with van der Waals surface area (Å²) in [5, 5.41) is 2.54. The summed E-state index contributed by atoms with van der Waals surface area (Å²) in [6.45, 7) is 3.46. The van der Waals surface area contributed by atoms with Crippen molar-refractivity contribution in [3.8, 4) is 12.3 Å². The Morgan fingerprint density at radius 1 is 0.561 bits per heavy atom. The van der Waals surface area contributed by atoms with Gasteiger partial charge in [-0.1, -0.05) is 194 Å². The van der Waals surface area contributed by atoms with Gasteiger partial charge in [0.2, 0.25) is 5.91 Å². The van der Waals surface area contributed by atoms with E-state index in [1.807, 2.05) is 0 Å². The van der Waals surface area contributed by atoms with E-state index >= 15 is 0 Å². The predicted octanol–water partition coefficient (Wildman–Crippen LogP) is 12.6. The number of esters is 2. The number of terminal acetylenes is 1. The lowest BCUT2D eigenvalue weighted by Crippen LogP contribution is -2.30. The summed E-state index contributed by atoms with van der Waals surface area (Å²) in [6.07, 6.45) is 41.9. The van der Waals surface area contributed by atoms with Crippen LogP contribution in [0.1, 0.15) is 232 Å². The van der Waals surface area contributed by atoms with Crippen LogP contribution in [0.2, 0.25) is 0 Å². The number of rotatable bonds is 44. The lowest BCUT2D eigenvalue weighted by Gasteiger charge is -2.20. The van der Waals surface area contributed by atoms with Crippen LogP contribution in [0.5, 0.6) is 0 Å². The van der Waals surface area contributed by atoms with Gasteiger partial charge in [0, 0.05) is 32.2 Å². The Hall–Kier alpha value is -1.92. The number of nitrogens with one attached hydrogen (secondary N) is 1. The van der Waals surface area contributed by atoms with Crippen LogP contribution < -0.4 is 5.32 Å². The maximum Gasteiger partial charge on any atom is 0.472 e. The lowest BCUT2D eigenvalue weighted by atomic mass is 10.0. The minimum absolute atomic E-state index is 0.00803. The molecule has 2 N–H and O–H groups in total. The average Bonchev–Trinajstić information content (AvgIpc) is 3.19. The Kier molecular flexibility index (Phi) is 40.8. The molecule has 2 atom stereocenters. The molecule has 0 saturated heterocycles. The monoisotopic (exact) mass is 828 g/mol. The molecule has 0 saturated carbocycles. The second-order valence-electron chi connectivity index (χ2n) is 15.8. The summed E-state index contributed by atoms with van der Waals surface area (Å²) in [5.41, 5.74) is 0. The first-order valence-electron chi connectivity index (χ1n) is 23.4. The minimum Gasteiger partial charge on any atom is -0.462 e. The van der Waals surface area contributed by atoms with Gasteiger partial charge in [0.15, 0.2) is 6.10 Å². The summed E-state index contributed by atoms with van der Waals surface area (Å²) in [7, 11) is -4.53. The van der Waals surface area contributed by atoms with E-state index in [-0.39, 0.29) is 51.3 Å². The molecule has 0 aromatic heterocycles. The first-order valence-corrected chi connectivity index (χ1v) is 24.9. The van der Waals surface area contributed by atoms with Crippen molar-refractivity contribution in [2.45, 2.75) is 238 Å². The maximum absolute atomic E-state index is 12.7. The third-order valence-electron chi connectivity index (χ3n) is 10.3. The fourth-order valence-electron chi connectivity index (χ4n) is 6.74. The Morgan fingerprint density at radius 3 is 1.35 bits per heavy atom. The first kappa shape index (κ1) is 55.1. The summed E-state index contributed by atoms with van der Waals surface area (Å²) in [4.78, 5) is 47.1. The Morgan fingerprint density at radius 2 is 0.947 bits per heavy atom. The van der Waals surface area contributed by atoms with E-state index in [4.69, 9.17) is 24.9 Å². The SMILES string of the molecule is C#CCCC(=O)NCCOP(=O)(O)OCC(COC(=O)CCCCCCCCCCCCCCCCC)OC(=O)CCCCCCCCCCCCCCCCC. The fourth-order valence-corrected chi connectivity index (χ4v) is 7.49. The van der Waals surface area contributed by atoms with E-state index in [0.717, 1.165) is 38.5 Å². The van der Waals surface area contributed by atoms with Gasteiger partial charge in [-0.05, 0) is 12.8 Å². The van der Waals surface area contributed by atoms with Crippen LogP contribution in [0.15, 0.2) is 0 Å². The molecule has 2 unspecified atom stereocenters. The standard InChI is InChI=1S/C46H86NO9P/c1-4-7-10-12-14-16-18-20-22-24-26-28-30-32-34-37-45(49)53-41-43(42-55-57(51,52)54-40-39-47-44(48)36-9-6-3)56-46(50)38-35-33-31-29-27-25-23-21-19-17-15-13-11-8-5-2/h3,43H,4-5,7-42H2,1-2H3,(H,47,48)(H,51,52). The highest BCUT2D eigenvalue weighted by atomic mass is 31.2. The van der Waals surface area contributed by atoms with Gasteiger partial charge in [0.25, 0.3) is 0 Å². The Balaban J connectivity index is 4.40. The largest absolute Gasteiger partial charge is 0.472 e. The van der Waals surface area contributed by atoms with Crippen LogP contribution in [0.25, 0.3) is 0 Å². The quantitative estimate of drug-likeness (QED) is 0.0266. The summed E-state index contributed by atoms with van der Waals surface area (Å²) in [5.74, 6) is 1.20. The molecule has 11 heteroatoms. The summed E-state index contributed by atoms with van der Waals surface area (Å²) < 4.78 is 33.5. The molecule has 0 aliphatic carbocycles. The Bertz CT molecular complexity index is 1030. The normalized spacial score (nSPS) is 12.8. The lowest BCUT2D eigenvalue weighted by molar-refractivity contribution is -0.161. The predicted molar refractivity (Wildman–Crippen MR) is 233 cm³/mol. The molecule has 0 fully saturated rings. The van der Waals surface area contributed by atoms with Crippen molar-refractivity contribution in [1.29, 1.82) is 0 Å². The van der Waals surface area contributed by atoms with Crippen molar-refractivity contribution < 1.29 is 42.4 Å². The number of carbonyl (C=O) groups is 3. The van der Waals surface area contributed by atoms with Gasteiger partial charge in [-0.3, -0.25) is 23.4 Å². The van der Waals surface area contributed by atoms with Gasteiger partial charge < -0.3 is 19.7 Å². The summed E-state index contributed by atoms with van der Waals surface area (Å²) in [6, 6.07) is 0. The Labute approximate surface area is 349 Å². The molecule has 0 aliphatic rings. The molecule has 0 rings (SSSR count). The second-order valence-corrected chi connectivity index (χ2v) is 17.3. The number of carbonyl (C=O) groups excluding carboxylic acids is 3. The van der Waals surface area contributed by atoms with E-state index in [0.29, 0.717) is 6.42 Å². The number of ether oxygens (including phenoxy) is 2. The van der Waals surface area contributed by atoms with E-state index in [9.17, 15) is 23.8 Å². The second kappa shape index (κ2) is 42.2. The number of phosphoric ester groups is 1. The van der Waals surface area contributed by atoms with Gasteiger partial charge >= 0.3 is 19.8 Å². The minimum atomic E-state index is -4.53. The van der Waals surface area contributed by atoms with Crippen LogP contribution in [0.3, 0.4) is 0 Å². The first-order chi connectivity index (χ1) is 27.7. The molecule has 0 heterocycles. The number of unbranched alkanes of at least 4 members (excludes halogenated alkanes) is 28. The third-order valence-corrected chi connectivity index (χ3v) is 11.3. The van der Waals surface area contributed by atoms with E-state index in [2.05, 4.69) is 25.1 Å². The highest BCUT2D eigenvalue weighted by Gasteiger charge is 2.26. The van der Waals surface area contributed by atoms with Crippen molar-refractivity contribution in [3.63, 3.8) is 0 Å². The van der Waals surface area contributed by atoms with Crippen LogP contribution in [-0.2, 0) is 37.5 Å². The molecule has 0 spiro atoms. The molecule has 10 nitrogen and oxygen atoms in total. The van der Waals surface area contributed by atoms with Crippen LogP contribution >= 0.6 is 7.82 Å². The van der Waals surface area contributed by atoms with E-state index in [1.165, 1.54) is 148 Å². The summed E-state index contributed by atoms with van der Waals surface area (Å²) >= 11 is 0. The van der Waals surface area contributed by atoms with Crippen LogP contribution in [-0.4, -0.2) is 55.2 Å². The zero-order chi connectivity index (χ0) is 41.9. The number of amides is 1. The number of phosphoric acid groups is 1. The molecule has 0 aliphatic heterocycles. The molecule has 0 bridgehead atoms. The molecule has 57 heavy (non-hydrogen) atoms. The van der Waals surface area contributed by atoms with Crippen LogP contribution in [0, 0.1) is 12.3 Å². The topological polar surface area (TPSA) is 137 Å². The van der Waals surface area contributed by atoms with E-state index in [1.54, 1.807) is 0 Å². The zero-order valence-corrected chi connectivity index (χ0v) is 37.6. The van der Waals surface area contributed by atoms with Crippen LogP contribution in [0.4, 0.5) is 0 Å². The van der Waals surface area contributed by atoms with Gasteiger partial charge in [-0.15, -0.1) is 12.3 Å². The smallest absolute Gasteiger partial charge is 0.462 e. The molecule has 0 radical (unpaired) electrons.